The van der Waals surface area contributed by atoms with Gasteiger partial charge in [-0.2, -0.15) is 0 Å². The van der Waals surface area contributed by atoms with E-state index in [2.05, 4.69) is 6.92 Å². The molecule has 0 aliphatic rings. The first-order valence-corrected chi connectivity index (χ1v) is 10.1. The van der Waals surface area contributed by atoms with E-state index in [9.17, 15) is 14.6 Å². The summed E-state index contributed by atoms with van der Waals surface area (Å²) in [6, 6.07) is 19.3. The number of thiol groups is 1. The lowest BCUT2D eigenvalue weighted by atomic mass is 9.88. The second kappa shape index (κ2) is 8.31. The largest absolute Gasteiger partial charge is 0.508 e. The van der Waals surface area contributed by atoms with Crippen LogP contribution in [0, 0.1) is 5.82 Å². The highest BCUT2D eigenvalue weighted by molar-refractivity contribution is 7.77. The lowest BCUT2D eigenvalue weighted by molar-refractivity contribution is 0.475. The molecule has 27 heavy (non-hydrogen) atoms. The molecule has 3 rings (SSSR count). The van der Waals surface area contributed by atoms with Gasteiger partial charge in [0.2, 0.25) is 0 Å². The molecule has 138 valence electrons. The monoisotopic (exact) mass is 381 g/mol. The number of benzene rings is 3. The van der Waals surface area contributed by atoms with Crippen LogP contribution in [0.25, 0.3) is 11.1 Å². The number of hydrogen-bond donors (Lipinski definition) is 2. The third kappa shape index (κ3) is 4.17. The summed E-state index contributed by atoms with van der Waals surface area (Å²) in [7, 11) is 0. The maximum atomic E-state index is 14.0. The Hall–Kier alpha value is -2.72. The second-order valence-corrected chi connectivity index (χ2v) is 7.12. The summed E-state index contributed by atoms with van der Waals surface area (Å²) < 4.78 is 14.0. The summed E-state index contributed by atoms with van der Waals surface area (Å²) in [4.78, 5) is 0.661. The third-order valence-corrected chi connectivity index (χ3v) is 5.33. The molecule has 0 amide bonds. The number of halogens is 1. The summed E-state index contributed by atoms with van der Waals surface area (Å²) in [6.07, 6.45) is 2.67. The van der Waals surface area contributed by atoms with Crippen LogP contribution in [-0.2, 0) is 11.8 Å². The number of phenolic OH excluding ortho intramolecular Hbond substituents is 2. The van der Waals surface area contributed by atoms with Crippen LogP contribution in [0.15, 0.2) is 71.6 Å². The van der Waals surface area contributed by atoms with E-state index in [1.165, 1.54) is 6.07 Å². The fourth-order valence-electron chi connectivity index (χ4n) is 3.17. The van der Waals surface area contributed by atoms with Gasteiger partial charge in [-0.15, -0.1) is 0 Å². The summed E-state index contributed by atoms with van der Waals surface area (Å²) in [5.41, 5.74) is 4.96. The number of rotatable bonds is 5. The zero-order valence-corrected chi connectivity index (χ0v) is 16.2. The van der Waals surface area contributed by atoms with Gasteiger partial charge < -0.3 is 10.2 Å². The Bertz CT molecular complexity index is 913. The highest BCUT2D eigenvalue weighted by Gasteiger charge is 2.16. The normalized spacial score (nSPS) is 10.6. The molecule has 0 fully saturated rings. The Kier molecular flexibility index (Phi) is 5.87. The van der Waals surface area contributed by atoms with Crippen LogP contribution in [-0.4, -0.2) is 16.5 Å². The lowest BCUT2D eigenvalue weighted by Crippen LogP contribution is -1.97. The molecule has 2 nitrogen and oxygen atoms in total. The van der Waals surface area contributed by atoms with Crippen molar-refractivity contribution in [3.05, 3.63) is 89.2 Å². The molecule has 0 saturated carbocycles. The molecule has 3 aromatic carbocycles. The predicted molar refractivity (Wildman–Crippen MR) is 112 cm³/mol. The SMILES string of the molecule is CCC(=C(c1ccc(O)cc1)c1ccc(O)cc1)c1ccc(F)c([SH+]C)c1. The molecule has 0 unspecified atom stereocenters. The third-order valence-electron chi connectivity index (χ3n) is 4.50. The number of aromatic hydroxyl groups is 2. The minimum absolute atomic E-state index is 0.200. The van der Waals surface area contributed by atoms with Crippen LogP contribution in [0.4, 0.5) is 4.39 Å². The smallest absolute Gasteiger partial charge is 0.188 e. The molecule has 0 atom stereocenters. The quantitative estimate of drug-likeness (QED) is 0.352. The van der Waals surface area contributed by atoms with Gasteiger partial charge >= 0.3 is 0 Å². The molecule has 0 saturated heterocycles. The van der Waals surface area contributed by atoms with Gasteiger partial charge in [0.15, 0.2) is 10.7 Å². The lowest BCUT2D eigenvalue weighted by Gasteiger charge is -2.16. The average molecular weight is 381 g/mol. The Morgan fingerprint density at radius 3 is 1.74 bits per heavy atom. The summed E-state index contributed by atoms with van der Waals surface area (Å²) >= 11 is 0.880. The first-order chi connectivity index (χ1) is 13.0. The molecule has 0 bridgehead atoms. The van der Waals surface area contributed by atoms with Crippen molar-refractivity contribution in [1.82, 2.24) is 0 Å². The van der Waals surface area contributed by atoms with Gasteiger partial charge in [-0.1, -0.05) is 37.3 Å². The first-order valence-electron chi connectivity index (χ1n) is 8.75. The van der Waals surface area contributed by atoms with E-state index in [0.717, 1.165) is 46.0 Å². The van der Waals surface area contributed by atoms with Gasteiger partial charge in [0.1, 0.15) is 17.8 Å². The predicted octanol–water partition coefficient (Wildman–Crippen LogP) is 5.41. The van der Waals surface area contributed by atoms with Crippen molar-refractivity contribution in [3.63, 3.8) is 0 Å². The fraction of sp³-hybridized carbons (Fsp3) is 0.130. The number of phenols is 2. The zero-order valence-electron chi connectivity index (χ0n) is 15.3. The molecule has 2 N–H and O–H groups in total. The molecule has 0 aliphatic heterocycles. The Balaban J connectivity index is 2.28. The second-order valence-electron chi connectivity index (χ2n) is 6.19. The van der Waals surface area contributed by atoms with E-state index < -0.39 is 0 Å². The van der Waals surface area contributed by atoms with Gasteiger partial charge in [-0.05, 0) is 64.6 Å². The Morgan fingerprint density at radius 1 is 0.815 bits per heavy atom. The van der Waals surface area contributed by atoms with Crippen LogP contribution in [0.5, 0.6) is 11.5 Å². The van der Waals surface area contributed by atoms with Gasteiger partial charge in [0, 0.05) is 17.8 Å². The van der Waals surface area contributed by atoms with E-state index in [1.54, 1.807) is 24.3 Å². The minimum atomic E-state index is -0.200. The van der Waals surface area contributed by atoms with Gasteiger partial charge in [0.25, 0.3) is 0 Å². The molecule has 4 heteroatoms. The van der Waals surface area contributed by atoms with Crippen molar-refractivity contribution in [2.45, 2.75) is 18.2 Å². The summed E-state index contributed by atoms with van der Waals surface area (Å²) in [5, 5.41) is 19.3. The molecule has 0 heterocycles. The molecule has 0 spiro atoms. The topological polar surface area (TPSA) is 40.5 Å². The van der Waals surface area contributed by atoms with E-state index in [-0.39, 0.29) is 17.3 Å². The van der Waals surface area contributed by atoms with Crippen molar-refractivity contribution in [3.8, 4) is 11.5 Å². The van der Waals surface area contributed by atoms with Crippen molar-refractivity contribution < 1.29 is 14.6 Å². The Labute approximate surface area is 163 Å². The Morgan fingerprint density at radius 2 is 1.30 bits per heavy atom. The first kappa shape index (κ1) is 19.1. The molecular weight excluding hydrogens is 359 g/mol. The fourth-order valence-corrected chi connectivity index (χ4v) is 3.72. The zero-order chi connectivity index (χ0) is 19.4. The molecule has 0 radical (unpaired) electrons. The van der Waals surface area contributed by atoms with Crippen LogP contribution in [0.2, 0.25) is 0 Å². The van der Waals surface area contributed by atoms with Crippen molar-refractivity contribution in [1.29, 1.82) is 0 Å². The van der Waals surface area contributed by atoms with E-state index in [0.29, 0.717) is 4.90 Å². The van der Waals surface area contributed by atoms with Crippen LogP contribution in [0.1, 0.15) is 30.0 Å². The molecular formula is C23H22FO2S+. The van der Waals surface area contributed by atoms with Crippen LogP contribution in [0.3, 0.4) is 0 Å². The van der Waals surface area contributed by atoms with E-state index in [1.807, 2.05) is 42.7 Å². The maximum Gasteiger partial charge on any atom is 0.188 e. The molecule has 3 aromatic rings. The molecule has 0 aliphatic carbocycles. The van der Waals surface area contributed by atoms with Gasteiger partial charge in [-0.3, -0.25) is 0 Å². The van der Waals surface area contributed by atoms with E-state index in [4.69, 9.17) is 0 Å². The minimum Gasteiger partial charge on any atom is -0.508 e. The average Bonchev–Trinajstić information content (AvgIpc) is 2.68. The highest BCUT2D eigenvalue weighted by Crippen LogP contribution is 2.36. The van der Waals surface area contributed by atoms with Crippen LogP contribution < -0.4 is 0 Å². The summed E-state index contributed by atoms with van der Waals surface area (Å²) in [5.74, 6) is 0.209. The van der Waals surface area contributed by atoms with Gasteiger partial charge in [-0.25, -0.2) is 4.39 Å². The molecule has 0 aromatic heterocycles. The van der Waals surface area contributed by atoms with Crippen LogP contribution >= 0.6 is 0 Å². The van der Waals surface area contributed by atoms with Crippen molar-refractivity contribution in [2.24, 2.45) is 0 Å². The number of hydrogen-bond acceptors (Lipinski definition) is 2. The van der Waals surface area contributed by atoms with Crippen molar-refractivity contribution in [2.75, 3.05) is 6.26 Å². The summed E-state index contributed by atoms with van der Waals surface area (Å²) in [6.45, 7) is 2.07. The standard InChI is InChI=1S/C23H21FO2S/c1-3-20(17-8-13-21(24)22(14-17)27-2)23(15-4-9-18(25)10-5-15)16-6-11-19(26)12-7-16/h4-14,25-26H,3H2,1-2H3/p+1. The van der Waals surface area contributed by atoms with Gasteiger partial charge in [0.05, 0.1) is 0 Å². The highest BCUT2D eigenvalue weighted by atomic mass is 32.2. The van der Waals surface area contributed by atoms with E-state index >= 15 is 0 Å². The maximum absolute atomic E-state index is 14.0. The van der Waals surface area contributed by atoms with Crippen molar-refractivity contribution >= 4 is 22.9 Å². The number of allylic oxidation sites excluding steroid dienone is 1.